The molecule has 0 radical (unpaired) electrons. The van der Waals surface area contributed by atoms with E-state index in [0.29, 0.717) is 32.8 Å². The summed E-state index contributed by atoms with van der Waals surface area (Å²) in [6, 6.07) is 19.0. The lowest BCUT2D eigenvalue weighted by Crippen LogP contribution is -2.33. The Kier molecular flexibility index (Phi) is 7.27. The van der Waals surface area contributed by atoms with Crippen LogP contribution in [-0.4, -0.2) is 24.0 Å². The monoisotopic (exact) mass is 511 g/mol. The van der Waals surface area contributed by atoms with Gasteiger partial charge in [-0.25, -0.2) is 0 Å². The Balaban J connectivity index is 1.39. The summed E-state index contributed by atoms with van der Waals surface area (Å²) in [7, 11) is 1.49. The molecule has 0 spiro atoms. The van der Waals surface area contributed by atoms with E-state index in [-0.39, 0.29) is 16.8 Å². The molecule has 0 saturated heterocycles. The van der Waals surface area contributed by atoms with Gasteiger partial charge in [-0.1, -0.05) is 29.8 Å². The predicted octanol–water partition coefficient (Wildman–Crippen LogP) is 6.05. The SMILES string of the molecule is COc1cc(NC(=S)NC(=O)c2ccc(-c3cccc(Cl)c3)o2)ccc1NC(=O)c1cccs1. The number of carbonyl (C=O) groups is 2. The van der Waals surface area contributed by atoms with Gasteiger partial charge >= 0.3 is 0 Å². The summed E-state index contributed by atoms with van der Waals surface area (Å²) >= 11 is 12.6. The van der Waals surface area contributed by atoms with Crippen molar-refractivity contribution >= 4 is 63.5 Å². The Labute approximate surface area is 209 Å². The van der Waals surface area contributed by atoms with Crippen molar-refractivity contribution < 1.29 is 18.7 Å². The summed E-state index contributed by atoms with van der Waals surface area (Å²) in [6.07, 6.45) is 0. The van der Waals surface area contributed by atoms with E-state index in [1.807, 2.05) is 11.4 Å². The van der Waals surface area contributed by atoms with Gasteiger partial charge in [-0.15, -0.1) is 11.3 Å². The summed E-state index contributed by atoms with van der Waals surface area (Å²) in [6.45, 7) is 0. The zero-order chi connectivity index (χ0) is 24.1. The molecule has 0 fully saturated rings. The van der Waals surface area contributed by atoms with E-state index in [0.717, 1.165) is 5.56 Å². The van der Waals surface area contributed by atoms with Crippen molar-refractivity contribution in [2.75, 3.05) is 17.7 Å². The summed E-state index contributed by atoms with van der Waals surface area (Å²) < 4.78 is 11.0. The van der Waals surface area contributed by atoms with Crippen LogP contribution in [0.1, 0.15) is 20.2 Å². The molecular weight excluding hydrogens is 494 g/mol. The normalized spacial score (nSPS) is 10.4. The molecule has 0 bridgehead atoms. The zero-order valence-electron chi connectivity index (χ0n) is 17.8. The second-order valence-corrected chi connectivity index (χ2v) is 8.72. The molecule has 7 nitrogen and oxygen atoms in total. The van der Waals surface area contributed by atoms with E-state index < -0.39 is 5.91 Å². The highest BCUT2D eigenvalue weighted by atomic mass is 35.5. The van der Waals surface area contributed by atoms with Gasteiger partial charge in [0, 0.05) is 22.3 Å². The average Bonchev–Trinajstić information content (AvgIpc) is 3.53. The van der Waals surface area contributed by atoms with Gasteiger partial charge in [0.15, 0.2) is 10.9 Å². The Bertz CT molecular complexity index is 1350. The third-order valence-electron chi connectivity index (χ3n) is 4.62. The molecular formula is C24H18ClN3O4S2. The molecule has 3 N–H and O–H groups in total. The van der Waals surface area contributed by atoms with Crippen LogP contribution in [0.15, 0.2) is 76.5 Å². The summed E-state index contributed by atoms with van der Waals surface area (Å²) in [5.41, 5.74) is 1.83. The number of carbonyl (C=O) groups excluding carboxylic acids is 2. The van der Waals surface area contributed by atoms with Crippen molar-refractivity contribution in [1.82, 2.24) is 5.32 Å². The number of hydrogen-bond donors (Lipinski definition) is 3. The minimum Gasteiger partial charge on any atom is -0.494 e. The van der Waals surface area contributed by atoms with Gasteiger partial charge in [0.2, 0.25) is 0 Å². The molecule has 4 aromatic rings. The second-order valence-electron chi connectivity index (χ2n) is 6.93. The summed E-state index contributed by atoms with van der Waals surface area (Å²) in [5, 5.41) is 10.8. The number of halogens is 1. The first-order valence-corrected chi connectivity index (χ1v) is 11.6. The van der Waals surface area contributed by atoms with Gasteiger partial charge in [-0.3, -0.25) is 14.9 Å². The van der Waals surface area contributed by atoms with Crippen molar-refractivity contribution in [1.29, 1.82) is 0 Å². The number of amides is 2. The van der Waals surface area contributed by atoms with Crippen LogP contribution < -0.4 is 20.7 Å². The number of rotatable bonds is 6. The average molecular weight is 512 g/mol. The van der Waals surface area contributed by atoms with Crippen molar-refractivity contribution in [3.63, 3.8) is 0 Å². The summed E-state index contributed by atoms with van der Waals surface area (Å²) in [4.78, 5) is 25.4. The third kappa shape index (κ3) is 5.63. The van der Waals surface area contributed by atoms with Crippen molar-refractivity contribution in [3.05, 3.63) is 87.8 Å². The molecule has 2 aromatic carbocycles. The molecule has 4 rings (SSSR count). The van der Waals surface area contributed by atoms with E-state index in [2.05, 4.69) is 16.0 Å². The number of methoxy groups -OCH3 is 1. The molecule has 0 aliphatic heterocycles. The molecule has 0 aliphatic carbocycles. The fourth-order valence-electron chi connectivity index (χ4n) is 3.05. The molecule has 2 heterocycles. The number of thiocarbonyl (C=S) groups is 1. The Hall–Kier alpha value is -3.66. The van der Waals surface area contributed by atoms with E-state index in [1.165, 1.54) is 18.4 Å². The first kappa shape index (κ1) is 23.5. The topological polar surface area (TPSA) is 92.6 Å². The van der Waals surface area contributed by atoms with Crippen LogP contribution in [0.2, 0.25) is 5.02 Å². The van der Waals surface area contributed by atoms with Crippen molar-refractivity contribution in [2.45, 2.75) is 0 Å². The lowest BCUT2D eigenvalue weighted by molar-refractivity contribution is 0.0950. The van der Waals surface area contributed by atoms with E-state index in [4.69, 9.17) is 33.0 Å². The Morgan fingerprint density at radius 1 is 1.00 bits per heavy atom. The number of anilines is 2. The molecule has 0 aliphatic rings. The minimum atomic E-state index is -0.502. The smallest absolute Gasteiger partial charge is 0.293 e. The van der Waals surface area contributed by atoms with Crippen LogP contribution in [0.5, 0.6) is 5.75 Å². The number of hydrogen-bond acceptors (Lipinski definition) is 6. The number of nitrogens with one attached hydrogen (secondary N) is 3. The first-order chi connectivity index (χ1) is 16.4. The predicted molar refractivity (Wildman–Crippen MR) is 138 cm³/mol. The molecule has 172 valence electrons. The molecule has 0 saturated carbocycles. The lowest BCUT2D eigenvalue weighted by atomic mass is 10.2. The fourth-order valence-corrected chi connectivity index (χ4v) is 4.07. The van der Waals surface area contributed by atoms with Crippen LogP contribution in [0.25, 0.3) is 11.3 Å². The lowest BCUT2D eigenvalue weighted by Gasteiger charge is -2.13. The van der Waals surface area contributed by atoms with Crippen molar-refractivity contribution in [2.24, 2.45) is 0 Å². The number of thiophene rings is 1. The third-order valence-corrected chi connectivity index (χ3v) is 5.93. The van der Waals surface area contributed by atoms with E-state index in [1.54, 1.807) is 60.7 Å². The minimum absolute atomic E-state index is 0.0723. The van der Waals surface area contributed by atoms with Crippen LogP contribution in [-0.2, 0) is 0 Å². The maximum absolute atomic E-state index is 12.5. The Morgan fingerprint density at radius 3 is 2.59 bits per heavy atom. The van der Waals surface area contributed by atoms with Gasteiger partial charge < -0.3 is 19.8 Å². The van der Waals surface area contributed by atoms with E-state index in [9.17, 15) is 9.59 Å². The van der Waals surface area contributed by atoms with Crippen LogP contribution in [0, 0.1) is 0 Å². The van der Waals surface area contributed by atoms with Crippen LogP contribution in [0.4, 0.5) is 11.4 Å². The highest BCUT2D eigenvalue weighted by Crippen LogP contribution is 2.29. The van der Waals surface area contributed by atoms with Gasteiger partial charge in [0.05, 0.1) is 17.7 Å². The number of ether oxygens (including phenoxy) is 1. The maximum atomic E-state index is 12.5. The number of benzene rings is 2. The molecule has 2 aromatic heterocycles. The standard InChI is InChI=1S/C24H18ClN3O4S2/c1-31-20-13-16(7-8-17(20)27-23(30)21-6-3-11-34-21)26-24(33)28-22(29)19-10-9-18(32-19)14-4-2-5-15(25)12-14/h2-13H,1H3,(H,27,30)(H2,26,28,29,33). The van der Waals surface area contributed by atoms with Gasteiger partial charge in [-0.05, 0) is 60.1 Å². The molecule has 0 atom stereocenters. The molecule has 10 heteroatoms. The van der Waals surface area contributed by atoms with Gasteiger partial charge in [0.1, 0.15) is 11.5 Å². The first-order valence-electron chi connectivity index (χ1n) is 9.94. The Morgan fingerprint density at radius 2 is 1.85 bits per heavy atom. The molecule has 2 amide bonds. The molecule has 34 heavy (non-hydrogen) atoms. The largest absolute Gasteiger partial charge is 0.494 e. The summed E-state index contributed by atoms with van der Waals surface area (Å²) in [5.74, 6) is 0.311. The van der Waals surface area contributed by atoms with Gasteiger partial charge in [0.25, 0.3) is 11.8 Å². The highest BCUT2D eigenvalue weighted by Gasteiger charge is 2.15. The van der Waals surface area contributed by atoms with Crippen LogP contribution >= 0.6 is 35.2 Å². The van der Waals surface area contributed by atoms with E-state index >= 15 is 0 Å². The van der Waals surface area contributed by atoms with Gasteiger partial charge in [-0.2, -0.15) is 0 Å². The highest BCUT2D eigenvalue weighted by molar-refractivity contribution is 7.80. The quantitative estimate of drug-likeness (QED) is 0.273. The second kappa shape index (κ2) is 10.5. The van der Waals surface area contributed by atoms with Crippen molar-refractivity contribution in [3.8, 4) is 17.1 Å². The van der Waals surface area contributed by atoms with Crippen LogP contribution in [0.3, 0.4) is 0 Å². The maximum Gasteiger partial charge on any atom is 0.293 e. The number of furan rings is 1. The fraction of sp³-hybridized carbons (Fsp3) is 0.0417. The molecule has 0 unspecified atom stereocenters. The zero-order valence-corrected chi connectivity index (χ0v) is 20.1.